The van der Waals surface area contributed by atoms with Crippen LogP contribution >= 0.6 is 0 Å². The minimum absolute atomic E-state index is 0.103. The number of nitrogens with two attached hydrogens (primary N) is 3. The van der Waals surface area contributed by atoms with E-state index >= 15 is 0 Å². The molecule has 1 fully saturated rings. The lowest BCUT2D eigenvalue weighted by Gasteiger charge is -2.32. The number of hydrogen-bond acceptors (Lipinski definition) is 9. The Bertz CT molecular complexity index is 1250. The Balaban J connectivity index is 2.18. The lowest BCUT2D eigenvalue weighted by molar-refractivity contribution is -0.145. The molecule has 15 nitrogen and oxygen atoms in total. The van der Waals surface area contributed by atoms with Gasteiger partial charge in [-0.05, 0) is 76.4 Å². The Kier molecular flexibility index (Phi) is 17.7. The number of carboxylic acid groups (broad SMARTS) is 1. The van der Waals surface area contributed by atoms with Gasteiger partial charge in [0, 0.05) is 13.0 Å². The minimum atomic E-state index is -1.17. The molecule has 274 valence electrons. The van der Waals surface area contributed by atoms with Gasteiger partial charge in [-0.3, -0.25) is 24.0 Å². The van der Waals surface area contributed by atoms with E-state index in [2.05, 4.69) is 21.3 Å². The quantitative estimate of drug-likeness (QED) is 0.0769. The first-order valence-corrected chi connectivity index (χ1v) is 17.2. The van der Waals surface area contributed by atoms with Crippen molar-refractivity contribution in [3.63, 3.8) is 0 Å². The van der Waals surface area contributed by atoms with E-state index in [0.29, 0.717) is 51.6 Å². The first-order valence-electron chi connectivity index (χ1n) is 17.2. The van der Waals surface area contributed by atoms with Gasteiger partial charge in [0.05, 0.1) is 6.04 Å². The molecule has 1 aliphatic heterocycles. The summed E-state index contributed by atoms with van der Waals surface area (Å²) in [5.41, 5.74) is 17.7. The number of carbonyl (C=O) groups is 6. The molecule has 1 aromatic rings. The summed E-state index contributed by atoms with van der Waals surface area (Å²) in [6.45, 7) is 6.15. The van der Waals surface area contributed by atoms with Crippen molar-refractivity contribution in [1.29, 1.82) is 0 Å². The Morgan fingerprint density at radius 2 is 1.45 bits per heavy atom. The molecule has 1 saturated heterocycles. The molecule has 0 spiro atoms. The average Bonchev–Trinajstić information content (AvgIpc) is 3.56. The molecule has 0 radical (unpaired) electrons. The molecular weight excluding hydrogens is 632 g/mol. The predicted molar refractivity (Wildman–Crippen MR) is 185 cm³/mol. The summed E-state index contributed by atoms with van der Waals surface area (Å²) < 4.78 is 0. The number of aliphatic carboxylic acids is 1. The van der Waals surface area contributed by atoms with Gasteiger partial charge in [0.2, 0.25) is 29.5 Å². The summed E-state index contributed by atoms with van der Waals surface area (Å²) in [6.07, 6.45) is 4.13. The number of unbranched alkanes of at least 4 members (excludes halogenated alkanes) is 2. The number of carboxylic acids is 1. The molecule has 5 amide bonds. The van der Waals surface area contributed by atoms with Crippen LogP contribution in [0.1, 0.15) is 77.7 Å². The van der Waals surface area contributed by atoms with Crippen molar-refractivity contribution in [3.05, 3.63) is 35.9 Å². The highest BCUT2D eigenvalue weighted by Gasteiger charge is 2.40. The summed E-state index contributed by atoms with van der Waals surface area (Å²) in [6, 6.07) is 3.05. The van der Waals surface area contributed by atoms with E-state index in [0.717, 1.165) is 12.0 Å². The summed E-state index contributed by atoms with van der Waals surface area (Å²) in [5, 5.41) is 20.3. The summed E-state index contributed by atoms with van der Waals surface area (Å²) >= 11 is 0. The summed E-state index contributed by atoms with van der Waals surface area (Å²) in [4.78, 5) is 79.9. The second-order valence-electron chi connectivity index (χ2n) is 13.0. The number of likely N-dealkylation sites (tertiary alicyclic amines) is 1. The summed E-state index contributed by atoms with van der Waals surface area (Å²) in [5.74, 6) is -4.33. The molecule has 0 aromatic heterocycles. The van der Waals surface area contributed by atoms with Gasteiger partial charge >= 0.3 is 5.97 Å². The molecule has 0 bridgehead atoms. The van der Waals surface area contributed by atoms with E-state index < -0.39 is 77.7 Å². The van der Waals surface area contributed by atoms with Gasteiger partial charge in [-0.1, -0.05) is 50.6 Å². The third kappa shape index (κ3) is 13.4. The number of benzene rings is 1. The summed E-state index contributed by atoms with van der Waals surface area (Å²) in [7, 11) is 0. The number of rotatable bonds is 21. The van der Waals surface area contributed by atoms with Gasteiger partial charge in [-0.15, -0.1) is 0 Å². The molecule has 6 atom stereocenters. The Labute approximate surface area is 288 Å². The maximum atomic E-state index is 13.9. The molecule has 2 rings (SSSR count). The molecule has 0 saturated carbocycles. The third-order valence-corrected chi connectivity index (χ3v) is 8.60. The maximum Gasteiger partial charge on any atom is 0.326 e. The Hall–Kier alpha value is -4.08. The Morgan fingerprint density at radius 1 is 0.816 bits per heavy atom. The van der Waals surface area contributed by atoms with E-state index in [1.54, 1.807) is 38.1 Å². The fourth-order valence-electron chi connectivity index (χ4n) is 5.65. The lowest BCUT2D eigenvalue weighted by atomic mass is 9.99. The first kappa shape index (κ1) is 41.1. The molecule has 49 heavy (non-hydrogen) atoms. The second kappa shape index (κ2) is 21.1. The van der Waals surface area contributed by atoms with Crippen molar-refractivity contribution in [3.8, 4) is 0 Å². The van der Waals surface area contributed by atoms with Gasteiger partial charge in [0.15, 0.2) is 0 Å². The third-order valence-electron chi connectivity index (χ3n) is 8.60. The highest BCUT2D eigenvalue weighted by atomic mass is 16.4. The van der Waals surface area contributed by atoms with Crippen LogP contribution < -0.4 is 38.5 Å². The van der Waals surface area contributed by atoms with Gasteiger partial charge in [0.1, 0.15) is 30.2 Å². The molecule has 15 heteroatoms. The standard InChI is InChI=1S/C34H56N8O7/c1-21(2)28(33(47)42-19-11-16-27(42)32(46)39-25(34(48)49)15-8-10-18-36)41-31(45)26(20-23-12-5-4-6-13-23)40-29(43)22(3)38-30(44)24(37)14-7-9-17-35/h4-6,12-13,21-22,24-28H,7-11,14-20,35-37H2,1-3H3,(H,38,44)(H,39,46)(H,40,43)(H,41,45)(H,48,49)/t22-,24-,25-,26-,27-,28-/m0/s1. The number of nitrogens with one attached hydrogen (secondary N) is 4. The van der Waals surface area contributed by atoms with Crippen LogP contribution in [0.4, 0.5) is 0 Å². The Morgan fingerprint density at radius 3 is 2.04 bits per heavy atom. The van der Waals surface area contributed by atoms with Crippen LogP contribution in [0.5, 0.6) is 0 Å². The topological polar surface area (TPSA) is 252 Å². The number of amides is 5. The zero-order chi connectivity index (χ0) is 36.5. The van der Waals surface area contributed by atoms with Crippen LogP contribution in [0.25, 0.3) is 0 Å². The predicted octanol–water partition coefficient (Wildman–Crippen LogP) is -0.495. The molecule has 0 unspecified atom stereocenters. The van der Waals surface area contributed by atoms with Crippen LogP contribution in [-0.4, -0.2) is 101 Å². The van der Waals surface area contributed by atoms with E-state index in [-0.39, 0.29) is 19.4 Å². The molecular formula is C34H56N8O7. The highest BCUT2D eigenvalue weighted by molar-refractivity contribution is 5.96. The second-order valence-corrected chi connectivity index (χ2v) is 13.0. The monoisotopic (exact) mass is 688 g/mol. The SMILES string of the molecule is CC(C)[C@H](NC(=O)[C@H](Cc1ccccc1)NC(=O)[C@H](C)NC(=O)[C@@H](N)CCCCN)C(=O)N1CCC[C@H]1C(=O)N[C@@H](CCCCN)C(=O)O. The average molecular weight is 689 g/mol. The van der Waals surface area contributed by atoms with Crippen LogP contribution in [0.2, 0.25) is 0 Å². The fraction of sp³-hybridized carbons (Fsp3) is 0.647. The van der Waals surface area contributed by atoms with E-state index in [4.69, 9.17) is 17.2 Å². The highest BCUT2D eigenvalue weighted by Crippen LogP contribution is 2.21. The minimum Gasteiger partial charge on any atom is -0.480 e. The van der Waals surface area contributed by atoms with Gasteiger partial charge in [-0.2, -0.15) is 0 Å². The fourth-order valence-corrected chi connectivity index (χ4v) is 5.65. The van der Waals surface area contributed by atoms with Crippen LogP contribution in [-0.2, 0) is 35.2 Å². The van der Waals surface area contributed by atoms with E-state index in [1.807, 2.05) is 6.07 Å². The van der Waals surface area contributed by atoms with E-state index in [1.165, 1.54) is 11.8 Å². The van der Waals surface area contributed by atoms with Gasteiger partial charge < -0.3 is 48.5 Å². The first-order chi connectivity index (χ1) is 23.3. The normalized spacial score (nSPS) is 17.4. The molecule has 1 aromatic carbocycles. The maximum absolute atomic E-state index is 13.9. The van der Waals surface area contributed by atoms with Crippen molar-refractivity contribution in [2.24, 2.45) is 23.1 Å². The number of carbonyl (C=O) groups excluding carboxylic acids is 5. The largest absolute Gasteiger partial charge is 0.480 e. The number of hydrogen-bond donors (Lipinski definition) is 8. The van der Waals surface area contributed by atoms with E-state index in [9.17, 15) is 33.9 Å². The molecule has 1 aliphatic rings. The van der Waals surface area contributed by atoms with Crippen LogP contribution in [0, 0.1) is 5.92 Å². The van der Waals surface area contributed by atoms with Crippen LogP contribution in [0.15, 0.2) is 30.3 Å². The van der Waals surface area contributed by atoms with Crippen molar-refractivity contribution < 1.29 is 33.9 Å². The zero-order valence-electron chi connectivity index (χ0n) is 29.0. The molecule has 11 N–H and O–H groups in total. The van der Waals surface area contributed by atoms with Gasteiger partial charge in [-0.25, -0.2) is 4.79 Å². The lowest BCUT2D eigenvalue weighted by Crippen LogP contribution is -2.60. The zero-order valence-corrected chi connectivity index (χ0v) is 29.0. The number of nitrogens with zero attached hydrogens (tertiary/aromatic N) is 1. The smallest absolute Gasteiger partial charge is 0.326 e. The molecule has 0 aliphatic carbocycles. The molecule has 1 heterocycles. The van der Waals surface area contributed by atoms with Crippen molar-refractivity contribution in [2.75, 3.05) is 19.6 Å². The van der Waals surface area contributed by atoms with Crippen molar-refractivity contribution >= 4 is 35.5 Å². The van der Waals surface area contributed by atoms with Crippen molar-refractivity contribution in [2.45, 2.75) is 115 Å². The van der Waals surface area contributed by atoms with Gasteiger partial charge in [0.25, 0.3) is 0 Å². The van der Waals surface area contributed by atoms with Crippen LogP contribution in [0.3, 0.4) is 0 Å². The van der Waals surface area contributed by atoms with Crippen molar-refractivity contribution in [1.82, 2.24) is 26.2 Å².